The van der Waals surface area contributed by atoms with Gasteiger partial charge >= 0.3 is 0 Å². The van der Waals surface area contributed by atoms with Gasteiger partial charge in [0.15, 0.2) is 0 Å². The van der Waals surface area contributed by atoms with Crippen LogP contribution in [0.15, 0.2) is 35.0 Å². The summed E-state index contributed by atoms with van der Waals surface area (Å²) in [5.74, 6) is 0.366. The Morgan fingerprint density at radius 2 is 2.16 bits per heavy atom. The topological polar surface area (TPSA) is 21.3 Å². The molecule has 1 N–H and O–H groups in total. The van der Waals surface area contributed by atoms with Crippen molar-refractivity contribution in [2.45, 2.75) is 13.3 Å². The molecule has 1 aromatic carbocycles. The second-order valence-electron chi connectivity index (χ2n) is 4.39. The van der Waals surface area contributed by atoms with E-state index in [1.807, 2.05) is 6.92 Å². The molecule has 0 aliphatic carbocycles. The van der Waals surface area contributed by atoms with Crippen molar-refractivity contribution in [3.05, 3.63) is 52.0 Å². The van der Waals surface area contributed by atoms with Gasteiger partial charge in [0, 0.05) is 12.6 Å². The van der Waals surface area contributed by atoms with Crippen molar-refractivity contribution in [1.29, 1.82) is 0 Å². The summed E-state index contributed by atoms with van der Waals surface area (Å²) < 4.78 is 18.6. The van der Waals surface area contributed by atoms with Crippen LogP contribution in [0.25, 0.3) is 0 Å². The van der Waals surface area contributed by atoms with Gasteiger partial charge in [-0.05, 0) is 53.9 Å². The summed E-state index contributed by atoms with van der Waals surface area (Å²) in [6.07, 6.45) is 1.03. The van der Waals surface area contributed by atoms with E-state index >= 15 is 0 Å². The number of aryl methyl sites for hydroxylation is 1. The first kappa shape index (κ1) is 14.0. The normalized spacial score (nSPS) is 10.6. The molecule has 0 radical (unpaired) electrons. The molecular weight excluding hydrogens is 261 g/mol. The van der Waals surface area contributed by atoms with Crippen LogP contribution in [0.2, 0.25) is 0 Å². The third-order valence-electron chi connectivity index (χ3n) is 2.86. The van der Waals surface area contributed by atoms with Gasteiger partial charge in [0.05, 0.1) is 0 Å². The highest BCUT2D eigenvalue weighted by atomic mass is 32.1. The Labute approximate surface area is 117 Å². The molecule has 0 amide bonds. The lowest BCUT2D eigenvalue weighted by Crippen LogP contribution is -2.23. The van der Waals surface area contributed by atoms with E-state index in [9.17, 15) is 4.39 Å². The fourth-order valence-corrected chi connectivity index (χ4v) is 2.46. The van der Waals surface area contributed by atoms with E-state index in [0.717, 1.165) is 25.1 Å². The fourth-order valence-electron chi connectivity index (χ4n) is 1.76. The lowest BCUT2D eigenvalue weighted by molar-refractivity contribution is 0.311. The van der Waals surface area contributed by atoms with E-state index in [4.69, 9.17) is 4.74 Å². The van der Waals surface area contributed by atoms with Crippen LogP contribution in [0.5, 0.6) is 5.75 Å². The minimum atomic E-state index is -0.258. The molecule has 0 aliphatic rings. The van der Waals surface area contributed by atoms with Gasteiger partial charge in [0.1, 0.15) is 18.2 Å². The van der Waals surface area contributed by atoms with Crippen LogP contribution in [-0.2, 0) is 6.42 Å². The van der Waals surface area contributed by atoms with Gasteiger partial charge in [0.2, 0.25) is 0 Å². The minimum Gasteiger partial charge on any atom is -0.492 e. The summed E-state index contributed by atoms with van der Waals surface area (Å²) in [7, 11) is 0. The smallest absolute Gasteiger partial charge is 0.126 e. The number of halogens is 1. The van der Waals surface area contributed by atoms with Crippen LogP contribution in [0.4, 0.5) is 4.39 Å². The van der Waals surface area contributed by atoms with Gasteiger partial charge in [-0.3, -0.25) is 0 Å². The largest absolute Gasteiger partial charge is 0.492 e. The number of thiophene rings is 1. The molecule has 0 atom stereocenters. The zero-order valence-corrected chi connectivity index (χ0v) is 11.8. The van der Waals surface area contributed by atoms with Crippen LogP contribution in [0.1, 0.15) is 11.1 Å². The number of hydrogen-bond acceptors (Lipinski definition) is 3. The average molecular weight is 279 g/mol. The summed E-state index contributed by atoms with van der Waals surface area (Å²) in [5, 5.41) is 7.56. The molecule has 0 saturated carbocycles. The third kappa shape index (κ3) is 4.65. The third-order valence-corrected chi connectivity index (χ3v) is 3.59. The molecule has 1 heterocycles. The number of ether oxygens (including phenoxy) is 1. The molecule has 0 unspecified atom stereocenters. The van der Waals surface area contributed by atoms with Crippen molar-refractivity contribution >= 4 is 11.3 Å². The van der Waals surface area contributed by atoms with Gasteiger partial charge in [-0.25, -0.2) is 4.39 Å². The van der Waals surface area contributed by atoms with Crippen molar-refractivity contribution in [3.63, 3.8) is 0 Å². The average Bonchev–Trinajstić information content (AvgIpc) is 2.90. The van der Waals surface area contributed by atoms with E-state index in [1.54, 1.807) is 17.4 Å². The first-order valence-electron chi connectivity index (χ1n) is 6.36. The standard InChI is InChI=1S/C15H18FNOS/c1-12-2-3-14(16)10-15(12)18-8-7-17-6-4-13-5-9-19-11-13/h2-3,5,9-11,17H,4,6-8H2,1H3. The predicted molar refractivity (Wildman–Crippen MR) is 77.5 cm³/mol. The Balaban J connectivity index is 1.62. The highest BCUT2D eigenvalue weighted by Gasteiger charge is 2.01. The molecule has 0 fully saturated rings. The number of benzene rings is 1. The Morgan fingerprint density at radius 1 is 1.26 bits per heavy atom. The number of nitrogens with one attached hydrogen (secondary N) is 1. The van der Waals surface area contributed by atoms with Gasteiger partial charge in [-0.2, -0.15) is 11.3 Å². The van der Waals surface area contributed by atoms with E-state index in [1.165, 1.54) is 17.7 Å². The summed E-state index contributed by atoms with van der Waals surface area (Å²) in [6.45, 7) is 4.16. The Bertz CT molecular complexity index is 499. The zero-order chi connectivity index (χ0) is 13.5. The fraction of sp³-hybridized carbons (Fsp3) is 0.333. The molecule has 1 aromatic heterocycles. The second kappa shape index (κ2) is 7.26. The first-order valence-corrected chi connectivity index (χ1v) is 7.31. The molecule has 2 nitrogen and oxygen atoms in total. The first-order chi connectivity index (χ1) is 9.25. The molecular formula is C15H18FNOS. The van der Waals surface area contributed by atoms with E-state index < -0.39 is 0 Å². The Morgan fingerprint density at radius 3 is 2.95 bits per heavy atom. The van der Waals surface area contributed by atoms with Crippen molar-refractivity contribution in [1.82, 2.24) is 5.32 Å². The zero-order valence-electron chi connectivity index (χ0n) is 11.0. The molecule has 102 valence electrons. The quantitative estimate of drug-likeness (QED) is 0.784. The highest BCUT2D eigenvalue weighted by Crippen LogP contribution is 2.18. The maximum Gasteiger partial charge on any atom is 0.126 e. The van der Waals surface area contributed by atoms with Gasteiger partial charge < -0.3 is 10.1 Å². The lowest BCUT2D eigenvalue weighted by Gasteiger charge is -2.09. The maximum atomic E-state index is 13.0. The minimum absolute atomic E-state index is 0.258. The van der Waals surface area contributed by atoms with Gasteiger partial charge in [-0.1, -0.05) is 6.07 Å². The predicted octanol–water partition coefficient (Wildman–Crippen LogP) is 3.41. The number of hydrogen-bond donors (Lipinski definition) is 1. The molecule has 19 heavy (non-hydrogen) atoms. The van der Waals surface area contributed by atoms with Crippen LogP contribution >= 0.6 is 11.3 Å². The SMILES string of the molecule is Cc1ccc(F)cc1OCCNCCc1ccsc1. The van der Waals surface area contributed by atoms with Crippen LogP contribution in [-0.4, -0.2) is 19.7 Å². The van der Waals surface area contributed by atoms with Gasteiger partial charge in [0.25, 0.3) is 0 Å². The van der Waals surface area contributed by atoms with Crippen LogP contribution < -0.4 is 10.1 Å². The summed E-state index contributed by atoms with van der Waals surface area (Å²) in [5.41, 5.74) is 2.32. The number of rotatable bonds is 7. The van der Waals surface area contributed by atoms with Crippen molar-refractivity contribution in [2.24, 2.45) is 0 Å². The summed E-state index contributed by atoms with van der Waals surface area (Å²) >= 11 is 1.72. The molecule has 0 spiro atoms. The van der Waals surface area contributed by atoms with E-state index in [0.29, 0.717) is 12.4 Å². The Hall–Kier alpha value is -1.39. The van der Waals surface area contributed by atoms with Gasteiger partial charge in [-0.15, -0.1) is 0 Å². The van der Waals surface area contributed by atoms with E-state index in [2.05, 4.69) is 22.1 Å². The van der Waals surface area contributed by atoms with Crippen LogP contribution in [0, 0.1) is 12.7 Å². The molecule has 0 saturated heterocycles. The molecule has 2 rings (SSSR count). The van der Waals surface area contributed by atoms with Crippen molar-refractivity contribution in [2.75, 3.05) is 19.7 Å². The maximum absolute atomic E-state index is 13.0. The molecule has 4 heteroatoms. The molecule has 0 aliphatic heterocycles. The molecule has 2 aromatic rings. The molecule has 0 bridgehead atoms. The van der Waals surface area contributed by atoms with E-state index in [-0.39, 0.29) is 5.82 Å². The highest BCUT2D eigenvalue weighted by molar-refractivity contribution is 7.07. The lowest BCUT2D eigenvalue weighted by atomic mass is 10.2. The summed E-state index contributed by atoms with van der Waals surface area (Å²) in [6, 6.07) is 6.75. The van der Waals surface area contributed by atoms with Crippen molar-refractivity contribution < 1.29 is 9.13 Å². The Kier molecular flexibility index (Phi) is 5.36. The summed E-state index contributed by atoms with van der Waals surface area (Å²) in [4.78, 5) is 0. The van der Waals surface area contributed by atoms with Crippen LogP contribution in [0.3, 0.4) is 0 Å². The second-order valence-corrected chi connectivity index (χ2v) is 5.17. The monoisotopic (exact) mass is 279 g/mol. The van der Waals surface area contributed by atoms with Crippen molar-refractivity contribution in [3.8, 4) is 5.75 Å².